The summed E-state index contributed by atoms with van der Waals surface area (Å²) in [5.74, 6) is -2.68. The first-order chi connectivity index (χ1) is 22.2. The number of carboxylic acids is 2. The predicted molar refractivity (Wildman–Crippen MR) is 180 cm³/mol. The quantitative estimate of drug-likeness (QED) is 0.142. The van der Waals surface area contributed by atoms with E-state index in [9.17, 15) is 33.4 Å². The van der Waals surface area contributed by atoms with E-state index in [2.05, 4.69) is 15.9 Å². The summed E-state index contributed by atoms with van der Waals surface area (Å²) in [4.78, 5) is 32.2. The van der Waals surface area contributed by atoms with Crippen LogP contribution >= 0.6 is 39.1 Å². The molecule has 1 atom stereocenters. The average Bonchev–Trinajstić information content (AvgIpc) is 3.06. The molecule has 0 saturated carbocycles. The maximum absolute atomic E-state index is 14.1. The van der Waals surface area contributed by atoms with E-state index in [1.54, 1.807) is 0 Å². The van der Waals surface area contributed by atoms with Crippen molar-refractivity contribution in [2.75, 3.05) is 28.4 Å². The summed E-state index contributed by atoms with van der Waals surface area (Å²) >= 11 is 14.3. The molecule has 0 aliphatic heterocycles. The lowest BCUT2D eigenvalue weighted by Crippen LogP contribution is -2.09. The fourth-order valence-corrected chi connectivity index (χ4v) is 4.71. The van der Waals surface area contributed by atoms with Gasteiger partial charge in [-0.1, -0.05) is 48.8 Å². The molecule has 10 nitrogen and oxygen atoms in total. The number of carbonyl (C=O) groups is 3. The molecule has 0 amide bonds. The zero-order valence-electron chi connectivity index (χ0n) is 25.0. The molecule has 0 fully saturated rings. The number of hydrogen-bond acceptors (Lipinski definition) is 8. The number of hydrogen-bond donors (Lipinski definition) is 3. The maximum Gasteiger partial charge on any atom is 0.339 e. The molecule has 258 valence electrons. The van der Waals surface area contributed by atoms with Crippen LogP contribution in [0.3, 0.4) is 0 Å². The van der Waals surface area contributed by atoms with Gasteiger partial charge in [0.15, 0.2) is 12.1 Å². The molecule has 0 radical (unpaired) electrons. The summed E-state index contributed by atoms with van der Waals surface area (Å²) in [6.45, 7) is 0. The van der Waals surface area contributed by atoms with Gasteiger partial charge in [-0.15, -0.1) is 0 Å². The molecule has 0 aromatic heterocycles. The molecule has 3 N–H and O–H groups in total. The number of benzene rings is 4. The lowest BCUT2D eigenvalue weighted by molar-refractivity contribution is 0.0681. The number of carbonyl (C=O) groups excluding carboxylic acids is 1. The molecule has 0 heterocycles. The number of aliphatic hydroxyl groups is 1. The summed E-state index contributed by atoms with van der Waals surface area (Å²) in [6.07, 6.45) is -1.02. The van der Waals surface area contributed by atoms with Crippen molar-refractivity contribution in [3.05, 3.63) is 115 Å². The average molecular weight is 776 g/mol. The zero-order chi connectivity index (χ0) is 35.4. The first kappa shape index (κ1) is 41.6. The second-order valence-corrected chi connectivity index (χ2v) is 10.6. The predicted octanol–water partition coefficient (Wildman–Crippen LogP) is 8.37. The summed E-state index contributed by atoms with van der Waals surface area (Å²) in [5.41, 5.74) is -0.0818. The Bertz CT molecular complexity index is 1750. The summed E-state index contributed by atoms with van der Waals surface area (Å²) in [6, 6.07) is 13.9. The van der Waals surface area contributed by atoms with Crippen molar-refractivity contribution in [2.45, 2.75) is 13.5 Å². The molecule has 0 aliphatic carbocycles. The molecule has 0 bridgehead atoms. The number of aldehydes is 1. The number of ether oxygens (including phenoxy) is 4. The van der Waals surface area contributed by atoms with Crippen LogP contribution in [0.25, 0.3) is 0 Å². The van der Waals surface area contributed by atoms with Crippen LogP contribution in [0.4, 0.5) is 8.78 Å². The van der Waals surface area contributed by atoms with Crippen LogP contribution < -0.4 is 18.9 Å². The molecule has 4 aromatic carbocycles. The van der Waals surface area contributed by atoms with Crippen LogP contribution in [0.1, 0.15) is 55.7 Å². The molecule has 4 aromatic rings. The van der Waals surface area contributed by atoms with Crippen LogP contribution in [-0.2, 0) is 0 Å². The zero-order valence-corrected chi connectivity index (χ0v) is 28.1. The van der Waals surface area contributed by atoms with Gasteiger partial charge in [0.1, 0.15) is 46.0 Å². The fraction of sp³-hybridized carbons (Fsp3) is 0.182. The highest BCUT2D eigenvalue weighted by molar-refractivity contribution is 9.10. The fourth-order valence-electron chi connectivity index (χ4n) is 3.84. The number of carboxylic acid groups (broad SMARTS) is 2. The highest BCUT2D eigenvalue weighted by Gasteiger charge is 2.24. The van der Waals surface area contributed by atoms with Crippen molar-refractivity contribution < 1.29 is 57.4 Å². The molecule has 0 spiro atoms. The number of rotatable bonds is 9. The second-order valence-electron chi connectivity index (χ2n) is 8.90. The third-order valence-electron chi connectivity index (χ3n) is 6.17. The van der Waals surface area contributed by atoms with Gasteiger partial charge in [0, 0.05) is 23.3 Å². The van der Waals surface area contributed by atoms with Crippen molar-refractivity contribution in [1.82, 2.24) is 0 Å². The summed E-state index contributed by atoms with van der Waals surface area (Å²) in [7, 11) is 5.57. The summed E-state index contributed by atoms with van der Waals surface area (Å²) < 4.78 is 47.4. The third-order valence-corrected chi connectivity index (χ3v) is 7.37. The lowest BCUT2D eigenvalue weighted by Gasteiger charge is -2.18. The van der Waals surface area contributed by atoms with Crippen molar-refractivity contribution in [3.63, 3.8) is 0 Å². The van der Waals surface area contributed by atoms with Gasteiger partial charge in [-0.25, -0.2) is 18.4 Å². The Hall–Kier alpha value is -4.43. The van der Waals surface area contributed by atoms with E-state index < -0.39 is 29.7 Å². The van der Waals surface area contributed by atoms with Gasteiger partial charge in [-0.2, -0.15) is 0 Å². The van der Waals surface area contributed by atoms with Crippen molar-refractivity contribution >= 4 is 57.4 Å². The van der Waals surface area contributed by atoms with Crippen molar-refractivity contribution in [3.8, 4) is 23.0 Å². The molecule has 4 rings (SSSR count). The number of aliphatic hydroxyl groups excluding tert-OH is 1. The van der Waals surface area contributed by atoms with E-state index in [-0.39, 0.29) is 62.5 Å². The maximum atomic E-state index is 14.1. The van der Waals surface area contributed by atoms with Gasteiger partial charge < -0.3 is 34.3 Å². The SMILES string of the molecule is C.COc1cc(OC)c(C(=O)O)cc1Br.COc1cc(OC)c(C(O)c2cccc(Cl)c2F)cc1C(=O)O.O=Cc1cccc(Cl)c1F. The highest BCUT2D eigenvalue weighted by atomic mass is 79.9. The van der Waals surface area contributed by atoms with E-state index in [0.29, 0.717) is 16.5 Å². The minimum Gasteiger partial charge on any atom is -0.496 e. The highest BCUT2D eigenvalue weighted by Crippen LogP contribution is 2.37. The van der Waals surface area contributed by atoms with Gasteiger partial charge in [0.25, 0.3) is 0 Å². The van der Waals surface area contributed by atoms with E-state index in [1.807, 2.05) is 0 Å². The van der Waals surface area contributed by atoms with E-state index >= 15 is 0 Å². The number of methoxy groups -OCH3 is 4. The Balaban J connectivity index is 0.000000392. The largest absolute Gasteiger partial charge is 0.496 e. The topological polar surface area (TPSA) is 149 Å². The molecular weight excluding hydrogens is 745 g/mol. The van der Waals surface area contributed by atoms with Crippen molar-refractivity contribution in [1.29, 1.82) is 0 Å². The Morgan fingerprint density at radius 1 is 0.729 bits per heavy atom. The molecule has 0 aliphatic rings. The Kier molecular flexibility index (Phi) is 16.8. The third kappa shape index (κ3) is 10.3. The Morgan fingerprint density at radius 2 is 1.19 bits per heavy atom. The van der Waals surface area contributed by atoms with Gasteiger partial charge in [-0.05, 0) is 46.3 Å². The smallest absolute Gasteiger partial charge is 0.339 e. The van der Waals surface area contributed by atoms with E-state index in [0.717, 1.165) is 0 Å². The number of halogens is 5. The van der Waals surface area contributed by atoms with E-state index in [4.69, 9.17) is 47.3 Å². The standard InChI is InChI=1S/C16H14ClFO5.C9H9BrO4.C7H4ClFO.CH4/c1-22-12-7-13(23-2)10(16(20)21)6-9(12)15(19)8-4-3-5-11(17)14(8)18;1-13-7-4-8(14-2)6(10)3-5(7)9(11)12;8-6-3-1-2-5(4-10)7(6)9;/h3-7,15,19H,1-2H3,(H,20,21);3-4H,1-2H3,(H,11,12);1-4H;1H4. The monoisotopic (exact) mass is 774 g/mol. The normalized spacial score (nSPS) is 10.5. The van der Waals surface area contributed by atoms with Crippen LogP contribution in [0.15, 0.2) is 65.1 Å². The van der Waals surface area contributed by atoms with Crippen molar-refractivity contribution in [2.24, 2.45) is 0 Å². The first-order valence-electron chi connectivity index (χ1n) is 12.9. The van der Waals surface area contributed by atoms with Crippen LogP contribution in [0.2, 0.25) is 10.0 Å². The molecular formula is C33H31BrCl2F2O10. The van der Waals surface area contributed by atoms with Gasteiger partial charge in [0.2, 0.25) is 0 Å². The van der Waals surface area contributed by atoms with Gasteiger partial charge >= 0.3 is 11.9 Å². The molecule has 1 unspecified atom stereocenters. The Labute approximate surface area is 293 Å². The van der Waals surface area contributed by atoms with Crippen LogP contribution in [-0.4, -0.2) is 62.0 Å². The van der Waals surface area contributed by atoms with Gasteiger partial charge in [-0.3, -0.25) is 4.79 Å². The molecule has 48 heavy (non-hydrogen) atoms. The van der Waals surface area contributed by atoms with Gasteiger partial charge in [0.05, 0.1) is 48.5 Å². The molecule has 0 saturated heterocycles. The minimum atomic E-state index is -1.45. The van der Waals surface area contributed by atoms with E-state index in [1.165, 1.54) is 89.1 Å². The summed E-state index contributed by atoms with van der Waals surface area (Å²) in [5, 5.41) is 28.4. The minimum absolute atomic E-state index is 0. The number of aromatic carboxylic acids is 2. The van der Waals surface area contributed by atoms with Crippen LogP contribution in [0.5, 0.6) is 23.0 Å². The Morgan fingerprint density at radius 3 is 1.65 bits per heavy atom. The second kappa shape index (κ2) is 19.4. The molecule has 15 heteroatoms. The lowest BCUT2D eigenvalue weighted by atomic mass is 9.97. The first-order valence-corrected chi connectivity index (χ1v) is 14.5. The van der Waals surface area contributed by atoms with Crippen LogP contribution in [0, 0.1) is 11.6 Å².